The van der Waals surface area contributed by atoms with Gasteiger partial charge in [0.15, 0.2) is 6.19 Å². The first-order chi connectivity index (χ1) is 8.79. The van der Waals surface area contributed by atoms with Gasteiger partial charge in [0.05, 0.1) is 10.9 Å². The number of carbonyl (C=O) groups excluding carboxylic acids is 1. The first-order valence-electron chi connectivity index (χ1n) is 6.29. The molecule has 4 nitrogen and oxygen atoms in total. The average Bonchev–Trinajstić information content (AvgIpc) is 2.95. The number of hydrogen-bond donors (Lipinski definition) is 0. The highest BCUT2D eigenvalue weighted by molar-refractivity contribution is 7.12. The van der Waals surface area contributed by atoms with E-state index in [-0.39, 0.29) is 11.9 Å². The molecule has 2 bridgehead atoms. The van der Waals surface area contributed by atoms with Gasteiger partial charge >= 0.3 is 0 Å². The molecule has 3 fully saturated rings. The van der Waals surface area contributed by atoms with Crippen LogP contribution in [0.1, 0.15) is 22.5 Å². The number of hydrogen-bond acceptors (Lipinski definition) is 4. The third kappa shape index (κ3) is 1.92. The predicted molar refractivity (Wildman–Crippen MR) is 69.1 cm³/mol. The van der Waals surface area contributed by atoms with Gasteiger partial charge in [0.25, 0.3) is 5.91 Å². The number of nitriles is 1. The summed E-state index contributed by atoms with van der Waals surface area (Å²) in [5.41, 5.74) is 0. The number of piperidine rings is 3. The van der Waals surface area contributed by atoms with Gasteiger partial charge in [-0.1, -0.05) is 6.07 Å². The van der Waals surface area contributed by atoms with Gasteiger partial charge < -0.3 is 4.90 Å². The number of amides is 1. The van der Waals surface area contributed by atoms with Crippen molar-refractivity contribution in [1.29, 1.82) is 5.26 Å². The van der Waals surface area contributed by atoms with E-state index in [4.69, 9.17) is 0 Å². The molecule has 0 aliphatic carbocycles. The Kier molecular flexibility index (Phi) is 3.06. The van der Waals surface area contributed by atoms with Gasteiger partial charge in [-0.25, -0.2) is 4.90 Å². The Bertz CT molecular complexity index is 471. The Morgan fingerprint density at radius 1 is 1.50 bits per heavy atom. The third-order valence-electron chi connectivity index (χ3n) is 4.01. The molecule has 0 unspecified atom stereocenters. The molecular formula is C13H15N3OS. The minimum Gasteiger partial charge on any atom is -0.301 e. The van der Waals surface area contributed by atoms with Gasteiger partial charge in [-0.2, -0.15) is 5.26 Å². The van der Waals surface area contributed by atoms with E-state index in [9.17, 15) is 10.1 Å². The van der Waals surface area contributed by atoms with Crippen LogP contribution in [0.3, 0.4) is 0 Å². The molecule has 5 heteroatoms. The lowest BCUT2D eigenvalue weighted by Gasteiger charge is -2.46. The van der Waals surface area contributed by atoms with Crippen LogP contribution < -0.4 is 0 Å². The van der Waals surface area contributed by atoms with Gasteiger partial charge in [-0.3, -0.25) is 4.79 Å². The van der Waals surface area contributed by atoms with Crippen LogP contribution in [0.4, 0.5) is 0 Å². The molecule has 1 aromatic rings. The fourth-order valence-electron chi connectivity index (χ4n) is 3.02. The number of carbonyl (C=O) groups is 1. The van der Waals surface area contributed by atoms with E-state index < -0.39 is 0 Å². The van der Waals surface area contributed by atoms with Crippen LogP contribution in [-0.4, -0.2) is 41.4 Å². The van der Waals surface area contributed by atoms with Crippen molar-refractivity contribution in [2.75, 3.05) is 19.6 Å². The van der Waals surface area contributed by atoms with E-state index in [1.165, 1.54) is 16.2 Å². The Labute approximate surface area is 110 Å². The quantitative estimate of drug-likeness (QED) is 0.602. The third-order valence-corrected chi connectivity index (χ3v) is 4.87. The first-order valence-corrected chi connectivity index (χ1v) is 7.16. The second-order valence-electron chi connectivity index (χ2n) is 4.96. The highest BCUT2D eigenvalue weighted by atomic mass is 32.1. The van der Waals surface area contributed by atoms with E-state index >= 15 is 0 Å². The van der Waals surface area contributed by atoms with E-state index in [2.05, 4.69) is 11.1 Å². The number of fused-ring (bicyclic) bond motifs is 3. The number of thiophene rings is 1. The molecule has 0 radical (unpaired) electrons. The molecule has 0 N–H and O–H groups in total. The number of rotatable bonds is 2. The SMILES string of the molecule is N#CN(C(=O)c1cccs1)[C@H]1CN2CCC1CC2. The molecular weight excluding hydrogens is 246 g/mol. The largest absolute Gasteiger partial charge is 0.301 e. The topological polar surface area (TPSA) is 47.3 Å². The Hall–Kier alpha value is -1.38. The zero-order chi connectivity index (χ0) is 12.5. The van der Waals surface area contributed by atoms with Crippen LogP contribution in [-0.2, 0) is 0 Å². The maximum atomic E-state index is 12.3. The van der Waals surface area contributed by atoms with Crippen LogP contribution in [0.2, 0.25) is 0 Å². The molecule has 1 amide bonds. The fourth-order valence-corrected chi connectivity index (χ4v) is 3.68. The summed E-state index contributed by atoms with van der Waals surface area (Å²) in [6, 6.07) is 3.72. The zero-order valence-electron chi connectivity index (χ0n) is 10.1. The second-order valence-corrected chi connectivity index (χ2v) is 5.91. The monoisotopic (exact) mass is 261 g/mol. The first kappa shape index (κ1) is 11.7. The van der Waals surface area contributed by atoms with E-state index in [1.54, 1.807) is 6.07 Å². The van der Waals surface area contributed by atoms with Gasteiger partial charge in [0, 0.05) is 6.54 Å². The van der Waals surface area contributed by atoms with Crippen LogP contribution in [0, 0.1) is 17.4 Å². The van der Waals surface area contributed by atoms with Crippen molar-refractivity contribution < 1.29 is 4.79 Å². The van der Waals surface area contributed by atoms with Gasteiger partial charge in [0.2, 0.25) is 0 Å². The van der Waals surface area contributed by atoms with Crippen molar-refractivity contribution in [2.45, 2.75) is 18.9 Å². The van der Waals surface area contributed by atoms with Crippen molar-refractivity contribution in [3.63, 3.8) is 0 Å². The summed E-state index contributed by atoms with van der Waals surface area (Å²) in [6.07, 6.45) is 4.33. The molecule has 3 aliphatic heterocycles. The summed E-state index contributed by atoms with van der Waals surface area (Å²) in [4.78, 5) is 16.7. The summed E-state index contributed by atoms with van der Waals surface area (Å²) in [5.74, 6) is 0.366. The highest BCUT2D eigenvalue weighted by Crippen LogP contribution is 2.31. The predicted octanol–water partition coefficient (Wildman–Crippen LogP) is 1.77. The standard InChI is InChI=1S/C13H15N3OS/c14-9-16(13(17)12-2-1-7-18-12)11-8-15-5-3-10(11)4-6-15/h1-2,7,10-11H,3-6,8H2/t11-/m0/s1. The minimum absolute atomic E-state index is 0.0760. The van der Waals surface area contributed by atoms with E-state index in [0.29, 0.717) is 10.8 Å². The van der Waals surface area contributed by atoms with Crippen molar-refractivity contribution in [3.8, 4) is 6.19 Å². The molecule has 3 aliphatic rings. The van der Waals surface area contributed by atoms with Crippen LogP contribution in [0.25, 0.3) is 0 Å². The van der Waals surface area contributed by atoms with Gasteiger partial charge in [0.1, 0.15) is 0 Å². The summed E-state index contributed by atoms with van der Waals surface area (Å²) in [5, 5.41) is 11.2. The Morgan fingerprint density at radius 3 is 2.78 bits per heavy atom. The molecule has 4 rings (SSSR count). The minimum atomic E-state index is -0.133. The second kappa shape index (κ2) is 4.71. The molecule has 1 atom stereocenters. The maximum absolute atomic E-state index is 12.3. The molecule has 3 saturated heterocycles. The van der Waals surface area contributed by atoms with Crippen molar-refractivity contribution in [3.05, 3.63) is 22.4 Å². The van der Waals surface area contributed by atoms with Crippen molar-refractivity contribution >= 4 is 17.2 Å². The zero-order valence-corrected chi connectivity index (χ0v) is 10.9. The summed E-state index contributed by atoms with van der Waals surface area (Å²) < 4.78 is 0. The van der Waals surface area contributed by atoms with Crippen LogP contribution >= 0.6 is 11.3 Å². The highest BCUT2D eigenvalue weighted by Gasteiger charge is 2.40. The lowest BCUT2D eigenvalue weighted by Crippen LogP contribution is -2.57. The molecule has 4 heterocycles. The van der Waals surface area contributed by atoms with Gasteiger partial charge in [-0.15, -0.1) is 11.3 Å². The summed E-state index contributed by atoms with van der Waals surface area (Å²) >= 11 is 1.40. The normalized spacial score (nSPS) is 29.8. The van der Waals surface area contributed by atoms with Crippen LogP contribution in [0.5, 0.6) is 0 Å². The fraction of sp³-hybridized carbons (Fsp3) is 0.538. The molecule has 0 spiro atoms. The Balaban J connectivity index is 1.81. The Morgan fingerprint density at radius 2 is 2.28 bits per heavy atom. The summed E-state index contributed by atoms with van der Waals surface area (Å²) in [6.45, 7) is 3.09. The lowest BCUT2D eigenvalue weighted by molar-refractivity contribution is 0.0258. The van der Waals surface area contributed by atoms with E-state index in [1.807, 2.05) is 11.4 Å². The van der Waals surface area contributed by atoms with Crippen molar-refractivity contribution in [1.82, 2.24) is 9.80 Å². The van der Waals surface area contributed by atoms with Crippen LogP contribution in [0.15, 0.2) is 17.5 Å². The lowest BCUT2D eigenvalue weighted by atomic mass is 9.83. The molecule has 1 aromatic heterocycles. The molecule has 18 heavy (non-hydrogen) atoms. The molecule has 0 aromatic carbocycles. The smallest absolute Gasteiger partial charge is 0.277 e. The van der Waals surface area contributed by atoms with Crippen molar-refractivity contribution in [2.24, 2.45) is 5.92 Å². The van der Waals surface area contributed by atoms with Gasteiger partial charge in [-0.05, 0) is 43.3 Å². The average molecular weight is 261 g/mol. The molecule has 94 valence electrons. The molecule has 0 saturated carbocycles. The maximum Gasteiger partial charge on any atom is 0.277 e. The van der Waals surface area contributed by atoms with E-state index in [0.717, 1.165) is 32.5 Å². The summed E-state index contributed by atoms with van der Waals surface area (Å²) in [7, 11) is 0. The number of nitrogens with zero attached hydrogens (tertiary/aromatic N) is 3.